The van der Waals surface area contributed by atoms with Crippen molar-refractivity contribution in [2.24, 2.45) is 0 Å². The summed E-state index contributed by atoms with van der Waals surface area (Å²) in [6, 6.07) is 15.9. The van der Waals surface area contributed by atoms with Crippen molar-refractivity contribution < 1.29 is 0 Å². The Morgan fingerprint density at radius 2 is 1.84 bits per heavy atom. The third-order valence-electron chi connectivity index (χ3n) is 3.30. The van der Waals surface area contributed by atoms with Crippen molar-refractivity contribution in [1.82, 2.24) is 19.7 Å². The number of nitrogens with zero attached hydrogens (tertiary/aromatic N) is 4. The van der Waals surface area contributed by atoms with Crippen molar-refractivity contribution in [2.45, 2.75) is 0 Å². The third kappa shape index (κ3) is 1.41. The molecule has 2 N–H and O–H groups in total. The number of rotatable bonds is 1. The number of hydrogen-bond acceptors (Lipinski definition) is 3. The van der Waals surface area contributed by atoms with E-state index < -0.39 is 0 Å². The van der Waals surface area contributed by atoms with Gasteiger partial charge in [-0.3, -0.25) is 4.68 Å². The molecule has 0 aliphatic carbocycles. The number of hydrogen-bond donors (Lipinski definition) is 1. The number of fused-ring (bicyclic) bond motifs is 2. The van der Waals surface area contributed by atoms with Crippen molar-refractivity contribution >= 4 is 21.9 Å². The van der Waals surface area contributed by atoms with E-state index in [0.29, 0.717) is 0 Å². The molecular formula is C14H11N5. The smallest absolute Gasteiger partial charge is 0.113 e. The predicted octanol–water partition coefficient (Wildman–Crippen LogP) is 2.09. The molecule has 4 aromatic rings. The standard InChI is InChI=1S/C14H11N5/c15-18-8-7-10-9-11(5-6-13(10)18)19-14-4-2-1-3-12(14)16-17-19/h1-9H,15H2. The van der Waals surface area contributed by atoms with Crippen LogP contribution in [0.4, 0.5) is 0 Å². The average molecular weight is 249 g/mol. The first-order valence-electron chi connectivity index (χ1n) is 6.00. The van der Waals surface area contributed by atoms with Gasteiger partial charge in [-0.25, -0.2) is 4.68 Å². The van der Waals surface area contributed by atoms with Crippen LogP contribution in [-0.2, 0) is 0 Å². The predicted molar refractivity (Wildman–Crippen MR) is 74.5 cm³/mol. The molecule has 0 spiro atoms. The highest BCUT2D eigenvalue weighted by Crippen LogP contribution is 2.21. The van der Waals surface area contributed by atoms with Crippen molar-refractivity contribution in [3.63, 3.8) is 0 Å². The fraction of sp³-hybridized carbons (Fsp3) is 0. The molecule has 0 aliphatic heterocycles. The topological polar surface area (TPSA) is 61.7 Å². The second kappa shape index (κ2) is 3.58. The van der Waals surface area contributed by atoms with E-state index >= 15 is 0 Å². The molecule has 0 saturated carbocycles. The number of para-hydroxylation sites is 1. The lowest BCUT2D eigenvalue weighted by atomic mass is 10.2. The molecule has 5 nitrogen and oxygen atoms in total. The zero-order chi connectivity index (χ0) is 12.8. The van der Waals surface area contributed by atoms with Crippen LogP contribution >= 0.6 is 0 Å². The van der Waals surface area contributed by atoms with Crippen LogP contribution < -0.4 is 5.84 Å². The van der Waals surface area contributed by atoms with Crippen LogP contribution in [0.3, 0.4) is 0 Å². The highest BCUT2D eigenvalue weighted by Gasteiger charge is 2.07. The van der Waals surface area contributed by atoms with Gasteiger partial charge in [0.15, 0.2) is 0 Å². The first kappa shape index (κ1) is 10.1. The Balaban J connectivity index is 1.98. The molecule has 0 bridgehead atoms. The molecule has 19 heavy (non-hydrogen) atoms. The van der Waals surface area contributed by atoms with Crippen LogP contribution in [0.15, 0.2) is 54.7 Å². The third-order valence-corrected chi connectivity index (χ3v) is 3.30. The summed E-state index contributed by atoms with van der Waals surface area (Å²) >= 11 is 0. The van der Waals surface area contributed by atoms with Crippen molar-refractivity contribution in [1.29, 1.82) is 0 Å². The Bertz CT molecular complexity index is 887. The molecule has 92 valence electrons. The van der Waals surface area contributed by atoms with Gasteiger partial charge in [0.1, 0.15) is 5.52 Å². The lowest BCUT2D eigenvalue weighted by molar-refractivity contribution is 0.825. The SMILES string of the molecule is Nn1ccc2cc(-n3nnc4ccccc43)ccc21. The van der Waals surface area contributed by atoms with Crippen LogP contribution in [0.5, 0.6) is 0 Å². The van der Waals surface area contributed by atoms with E-state index in [1.54, 1.807) is 4.68 Å². The molecule has 5 heteroatoms. The molecular weight excluding hydrogens is 238 g/mol. The molecule has 0 radical (unpaired) electrons. The van der Waals surface area contributed by atoms with Crippen molar-refractivity contribution in [2.75, 3.05) is 5.84 Å². The summed E-state index contributed by atoms with van der Waals surface area (Å²) in [5.74, 6) is 5.82. The Kier molecular flexibility index (Phi) is 1.91. The van der Waals surface area contributed by atoms with E-state index in [1.807, 2.05) is 53.3 Å². The minimum Gasteiger partial charge on any atom is -0.339 e. The summed E-state index contributed by atoms with van der Waals surface area (Å²) in [6.45, 7) is 0. The fourth-order valence-electron chi connectivity index (χ4n) is 2.34. The largest absolute Gasteiger partial charge is 0.339 e. The zero-order valence-electron chi connectivity index (χ0n) is 10.1. The summed E-state index contributed by atoms with van der Waals surface area (Å²) in [4.78, 5) is 0. The number of aromatic nitrogens is 4. The maximum Gasteiger partial charge on any atom is 0.113 e. The summed E-state index contributed by atoms with van der Waals surface area (Å²) in [5, 5.41) is 9.45. The molecule has 2 aromatic carbocycles. The van der Waals surface area contributed by atoms with E-state index in [2.05, 4.69) is 16.4 Å². The lowest BCUT2D eigenvalue weighted by Gasteiger charge is -2.03. The van der Waals surface area contributed by atoms with E-state index in [9.17, 15) is 0 Å². The Labute approximate surface area is 108 Å². The zero-order valence-corrected chi connectivity index (χ0v) is 10.1. The van der Waals surface area contributed by atoms with E-state index in [0.717, 1.165) is 27.6 Å². The van der Waals surface area contributed by atoms with Gasteiger partial charge in [0.05, 0.1) is 16.7 Å². The average Bonchev–Trinajstić information content (AvgIpc) is 3.03. The number of nitrogen functional groups attached to an aromatic ring is 1. The van der Waals surface area contributed by atoms with Crippen LogP contribution in [0.1, 0.15) is 0 Å². The fourth-order valence-corrected chi connectivity index (χ4v) is 2.34. The molecule has 2 heterocycles. The maximum absolute atomic E-state index is 5.82. The van der Waals surface area contributed by atoms with Gasteiger partial charge >= 0.3 is 0 Å². The minimum absolute atomic E-state index is 0.888. The lowest BCUT2D eigenvalue weighted by Crippen LogP contribution is -2.05. The van der Waals surface area contributed by atoms with E-state index in [4.69, 9.17) is 5.84 Å². The Hall–Kier alpha value is -2.82. The number of benzene rings is 2. The quantitative estimate of drug-likeness (QED) is 0.525. The molecule has 2 aromatic heterocycles. The van der Waals surface area contributed by atoms with Crippen LogP contribution in [0, 0.1) is 0 Å². The highest BCUT2D eigenvalue weighted by molar-refractivity contribution is 5.83. The second-order valence-corrected chi connectivity index (χ2v) is 4.46. The summed E-state index contributed by atoms with van der Waals surface area (Å²) in [7, 11) is 0. The summed E-state index contributed by atoms with van der Waals surface area (Å²) in [5.41, 5.74) is 3.86. The van der Waals surface area contributed by atoms with Gasteiger partial charge < -0.3 is 5.84 Å². The minimum atomic E-state index is 0.888. The normalized spacial score (nSPS) is 11.4. The van der Waals surface area contributed by atoms with Crippen LogP contribution in [0.25, 0.3) is 27.6 Å². The number of nitrogens with two attached hydrogens (primary N) is 1. The molecule has 0 unspecified atom stereocenters. The van der Waals surface area contributed by atoms with Gasteiger partial charge in [-0.2, -0.15) is 0 Å². The molecule has 0 saturated heterocycles. The van der Waals surface area contributed by atoms with Crippen molar-refractivity contribution in [3.05, 3.63) is 54.7 Å². The highest BCUT2D eigenvalue weighted by atomic mass is 15.4. The molecule has 0 aliphatic rings. The monoisotopic (exact) mass is 249 g/mol. The first-order chi connectivity index (χ1) is 9.33. The van der Waals surface area contributed by atoms with E-state index in [-0.39, 0.29) is 0 Å². The molecule has 4 rings (SSSR count). The van der Waals surface area contributed by atoms with Gasteiger partial charge in [-0.1, -0.05) is 17.3 Å². The Morgan fingerprint density at radius 1 is 0.947 bits per heavy atom. The molecule has 0 atom stereocenters. The van der Waals surface area contributed by atoms with Crippen LogP contribution in [0.2, 0.25) is 0 Å². The maximum atomic E-state index is 5.82. The summed E-state index contributed by atoms with van der Waals surface area (Å²) < 4.78 is 3.45. The summed E-state index contributed by atoms with van der Waals surface area (Å²) in [6.07, 6.45) is 1.84. The van der Waals surface area contributed by atoms with Gasteiger partial charge in [0.2, 0.25) is 0 Å². The van der Waals surface area contributed by atoms with E-state index in [1.165, 1.54) is 0 Å². The van der Waals surface area contributed by atoms with Gasteiger partial charge in [-0.05, 0) is 36.4 Å². The van der Waals surface area contributed by atoms with Crippen LogP contribution in [-0.4, -0.2) is 19.7 Å². The first-order valence-corrected chi connectivity index (χ1v) is 6.00. The van der Waals surface area contributed by atoms with Crippen molar-refractivity contribution in [3.8, 4) is 5.69 Å². The van der Waals surface area contributed by atoms with Gasteiger partial charge in [0.25, 0.3) is 0 Å². The Morgan fingerprint density at radius 3 is 2.79 bits per heavy atom. The van der Waals surface area contributed by atoms with Gasteiger partial charge in [0, 0.05) is 11.6 Å². The second-order valence-electron chi connectivity index (χ2n) is 4.46. The van der Waals surface area contributed by atoms with Gasteiger partial charge in [-0.15, -0.1) is 5.10 Å². The molecule has 0 fully saturated rings. The molecule has 0 amide bonds.